The highest BCUT2D eigenvalue weighted by molar-refractivity contribution is 6.17. The Bertz CT molecular complexity index is 268. The van der Waals surface area contributed by atoms with Gasteiger partial charge in [-0.05, 0) is 24.5 Å². The molecule has 0 aliphatic rings. The molecule has 2 heteroatoms. The second-order valence-corrected chi connectivity index (χ2v) is 4.29. The summed E-state index contributed by atoms with van der Waals surface area (Å²) in [6, 6.07) is 9.07. The van der Waals surface area contributed by atoms with Crippen molar-refractivity contribution in [3.63, 3.8) is 0 Å². The predicted molar refractivity (Wildman–Crippen MR) is 67.2 cm³/mol. The minimum atomic E-state index is 0.597. The smallest absolute Gasteiger partial charge is 0.0474 e. The average Bonchev–Trinajstić information content (AvgIpc) is 2.27. The first kappa shape index (κ1) is 12.5. The minimum Gasteiger partial charge on any atom is -0.310 e. The highest BCUT2D eigenvalue weighted by Crippen LogP contribution is 2.07. The molecule has 1 nitrogen and oxygen atoms in total. The maximum atomic E-state index is 5.73. The molecule has 1 aromatic carbocycles. The SMILES string of the molecule is CCCC(C)NCc1ccc(CCl)cc1. The summed E-state index contributed by atoms with van der Waals surface area (Å²) in [6.45, 7) is 5.40. The Morgan fingerprint density at radius 3 is 2.33 bits per heavy atom. The van der Waals surface area contributed by atoms with Crippen molar-refractivity contribution in [2.75, 3.05) is 0 Å². The normalized spacial score (nSPS) is 12.7. The van der Waals surface area contributed by atoms with Gasteiger partial charge >= 0.3 is 0 Å². The Labute approximate surface area is 97.8 Å². The maximum absolute atomic E-state index is 5.73. The third kappa shape index (κ3) is 4.67. The van der Waals surface area contributed by atoms with Gasteiger partial charge in [0.2, 0.25) is 0 Å². The number of alkyl halides is 1. The highest BCUT2D eigenvalue weighted by Gasteiger charge is 1.99. The molecule has 0 aromatic heterocycles. The fourth-order valence-corrected chi connectivity index (χ4v) is 1.75. The zero-order valence-electron chi connectivity index (χ0n) is 9.59. The van der Waals surface area contributed by atoms with Crippen LogP contribution in [0.1, 0.15) is 37.8 Å². The van der Waals surface area contributed by atoms with Crippen LogP contribution in [0.4, 0.5) is 0 Å². The van der Waals surface area contributed by atoms with Crippen molar-refractivity contribution < 1.29 is 0 Å². The van der Waals surface area contributed by atoms with E-state index in [1.165, 1.54) is 24.0 Å². The van der Waals surface area contributed by atoms with E-state index in [0.29, 0.717) is 11.9 Å². The first-order valence-electron chi connectivity index (χ1n) is 5.63. The summed E-state index contributed by atoms with van der Waals surface area (Å²) >= 11 is 5.73. The Morgan fingerprint density at radius 2 is 1.80 bits per heavy atom. The summed E-state index contributed by atoms with van der Waals surface area (Å²) in [5.74, 6) is 0.597. The quantitative estimate of drug-likeness (QED) is 0.728. The van der Waals surface area contributed by atoms with E-state index in [4.69, 9.17) is 11.6 Å². The van der Waals surface area contributed by atoms with Crippen LogP contribution in [-0.4, -0.2) is 6.04 Å². The monoisotopic (exact) mass is 225 g/mol. The third-order valence-electron chi connectivity index (χ3n) is 2.55. The second-order valence-electron chi connectivity index (χ2n) is 4.02. The Hall–Kier alpha value is -0.530. The molecular formula is C13H20ClN. The zero-order valence-corrected chi connectivity index (χ0v) is 10.3. The van der Waals surface area contributed by atoms with Crippen molar-refractivity contribution in [2.24, 2.45) is 0 Å². The van der Waals surface area contributed by atoms with Gasteiger partial charge < -0.3 is 5.32 Å². The van der Waals surface area contributed by atoms with Gasteiger partial charge in [-0.1, -0.05) is 37.6 Å². The summed E-state index contributed by atoms with van der Waals surface area (Å²) in [5, 5.41) is 3.50. The van der Waals surface area contributed by atoms with Gasteiger partial charge in [-0.2, -0.15) is 0 Å². The fourth-order valence-electron chi connectivity index (χ4n) is 1.57. The molecular weight excluding hydrogens is 206 g/mol. The molecule has 1 rings (SSSR count). The molecule has 1 aromatic rings. The van der Waals surface area contributed by atoms with Crippen LogP contribution in [0.2, 0.25) is 0 Å². The lowest BCUT2D eigenvalue weighted by Gasteiger charge is -2.12. The molecule has 0 heterocycles. The van der Waals surface area contributed by atoms with Gasteiger partial charge in [-0.25, -0.2) is 0 Å². The van der Waals surface area contributed by atoms with Gasteiger partial charge in [0.1, 0.15) is 0 Å². The first-order valence-corrected chi connectivity index (χ1v) is 6.17. The number of hydrogen-bond donors (Lipinski definition) is 1. The van der Waals surface area contributed by atoms with E-state index < -0.39 is 0 Å². The van der Waals surface area contributed by atoms with Crippen LogP contribution in [0.3, 0.4) is 0 Å². The van der Waals surface area contributed by atoms with Crippen LogP contribution in [0, 0.1) is 0 Å². The predicted octanol–water partition coefficient (Wildman–Crippen LogP) is 3.70. The van der Waals surface area contributed by atoms with Gasteiger partial charge in [0.25, 0.3) is 0 Å². The lowest BCUT2D eigenvalue weighted by atomic mass is 10.1. The maximum Gasteiger partial charge on any atom is 0.0474 e. The van der Waals surface area contributed by atoms with Gasteiger partial charge in [0.05, 0.1) is 0 Å². The Balaban J connectivity index is 2.37. The van der Waals surface area contributed by atoms with Gasteiger partial charge in [-0.3, -0.25) is 0 Å². The summed E-state index contributed by atoms with van der Waals surface area (Å²) < 4.78 is 0. The third-order valence-corrected chi connectivity index (χ3v) is 2.86. The molecule has 15 heavy (non-hydrogen) atoms. The van der Waals surface area contributed by atoms with Crippen LogP contribution in [-0.2, 0) is 12.4 Å². The molecule has 0 saturated heterocycles. The highest BCUT2D eigenvalue weighted by atomic mass is 35.5. The lowest BCUT2D eigenvalue weighted by molar-refractivity contribution is 0.508. The van der Waals surface area contributed by atoms with Crippen molar-refractivity contribution >= 4 is 11.6 Å². The molecule has 0 saturated carbocycles. The topological polar surface area (TPSA) is 12.0 Å². The standard InChI is InChI=1S/C13H20ClN/c1-3-4-11(2)15-10-13-7-5-12(9-14)6-8-13/h5-8,11,15H,3-4,9-10H2,1-2H3. The second kappa shape index (κ2) is 6.86. The molecule has 0 aliphatic heterocycles. The van der Waals surface area contributed by atoms with Crippen molar-refractivity contribution in [3.05, 3.63) is 35.4 Å². The summed E-state index contributed by atoms with van der Waals surface area (Å²) in [6.07, 6.45) is 2.47. The fraction of sp³-hybridized carbons (Fsp3) is 0.538. The Morgan fingerprint density at radius 1 is 1.20 bits per heavy atom. The molecule has 84 valence electrons. The van der Waals surface area contributed by atoms with E-state index in [1.54, 1.807) is 0 Å². The summed E-state index contributed by atoms with van der Waals surface area (Å²) in [5.41, 5.74) is 2.51. The molecule has 0 radical (unpaired) electrons. The molecule has 0 bridgehead atoms. The van der Waals surface area contributed by atoms with Crippen molar-refractivity contribution in [1.82, 2.24) is 5.32 Å². The van der Waals surface area contributed by atoms with Crippen LogP contribution in [0.15, 0.2) is 24.3 Å². The summed E-state index contributed by atoms with van der Waals surface area (Å²) in [4.78, 5) is 0. The van der Waals surface area contributed by atoms with Gasteiger partial charge in [0, 0.05) is 18.5 Å². The summed E-state index contributed by atoms with van der Waals surface area (Å²) in [7, 11) is 0. The molecule has 1 unspecified atom stereocenters. The number of benzene rings is 1. The number of nitrogens with one attached hydrogen (secondary N) is 1. The van der Waals surface area contributed by atoms with Crippen molar-refractivity contribution in [2.45, 2.75) is 45.2 Å². The Kier molecular flexibility index (Phi) is 5.74. The molecule has 0 amide bonds. The minimum absolute atomic E-state index is 0.597. The number of halogens is 1. The van der Waals surface area contributed by atoms with Gasteiger partial charge in [-0.15, -0.1) is 11.6 Å². The average molecular weight is 226 g/mol. The zero-order chi connectivity index (χ0) is 11.1. The molecule has 1 atom stereocenters. The lowest BCUT2D eigenvalue weighted by Crippen LogP contribution is -2.25. The van der Waals surface area contributed by atoms with Crippen LogP contribution < -0.4 is 5.32 Å². The van der Waals surface area contributed by atoms with E-state index in [9.17, 15) is 0 Å². The van der Waals surface area contributed by atoms with E-state index >= 15 is 0 Å². The first-order chi connectivity index (χ1) is 7.26. The molecule has 1 N–H and O–H groups in total. The van der Waals surface area contributed by atoms with Crippen molar-refractivity contribution in [1.29, 1.82) is 0 Å². The van der Waals surface area contributed by atoms with E-state index in [1.807, 2.05) is 0 Å². The van der Waals surface area contributed by atoms with Crippen LogP contribution in [0.5, 0.6) is 0 Å². The van der Waals surface area contributed by atoms with Gasteiger partial charge in [0.15, 0.2) is 0 Å². The van der Waals surface area contributed by atoms with E-state index in [2.05, 4.69) is 43.4 Å². The van der Waals surface area contributed by atoms with E-state index in [0.717, 1.165) is 6.54 Å². The van der Waals surface area contributed by atoms with Crippen molar-refractivity contribution in [3.8, 4) is 0 Å². The van der Waals surface area contributed by atoms with Crippen LogP contribution >= 0.6 is 11.6 Å². The number of rotatable bonds is 6. The molecule has 0 aliphatic carbocycles. The largest absolute Gasteiger partial charge is 0.310 e. The van der Waals surface area contributed by atoms with E-state index in [-0.39, 0.29) is 0 Å². The number of hydrogen-bond acceptors (Lipinski definition) is 1. The van der Waals surface area contributed by atoms with Crippen LogP contribution in [0.25, 0.3) is 0 Å². The molecule has 0 fully saturated rings. The molecule has 0 spiro atoms.